The summed E-state index contributed by atoms with van der Waals surface area (Å²) in [5.74, 6) is 1.70. The molecule has 0 aliphatic heterocycles. The standard InChI is InChI=1S/4C4H10O2.8O.5Ti/c4*1-4(2)3-6-5;;;;;;;;;;;;;/h4*4-5H,3H2,1-2H3;;;;;;;;;;;;;/q;;;;;;;;4*-1;;;;;+4. The molecule has 0 fully saturated rings. The van der Waals surface area contributed by atoms with Crippen molar-refractivity contribution in [1.82, 2.24) is 0 Å². The molecular formula is C16H40O16Ti5. The van der Waals surface area contributed by atoms with Crippen molar-refractivity contribution in [3.63, 3.8) is 0 Å². The SMILES string of the molecule is CC(C)COO.CC(C)COO.CC(C)COO.CC(C)COO.[O]=[Ti][O-].[O]=[Ti][O-].[O]=[Ti][O-].[O]=[Ti][O-].[Ti+4]. The van der Waals surface area contributed by atoms with Gasteiger partial charge in [-0.2, -0.15) is 0 Å². The first kappa shape index (κ1) is 62.8. The van der Waals surface area contributed by atoms with E-state index in [0.717, 1.165) is 0 Å². The maximum Gasteiger partial charge on any atom is 4.00 e. The maximum absolute atomic E-state index is 8.50. The molecule has 0 saturated carbocycles. The van der Waals surface area contributed by atoms with Gasteiger partial charge in [0.25, 0.3) is 0 Å². The minimum Gasteiger partial charge on any atom is 4.00 e. The van der Waals surface area contributed by atoms with E-state index in [0.29, 0.717) is 50.1 Å². The first-order chi connectivity index (χ1) is 16.7. The van der Waals surface area contributed by atoms with Crippen molar-refractivity contribution in [2.24, 2.45) is 23.7 Å². The van der Waals surface area contributed by atoms with E-state index in [9.17, 15) is 0 Å². The van der Waals surface area contributed by atoms with Crippen LogP contribution in [0.5, 0.6) is 0 Å². The van der Waals surface area contributed by atoms with Crippen LogP contribution in [0.2, 0.25) is 0 Å². The van der Waals surface area contributed by atoms with Gasteiger partial charge in [0.15, 0.2) is 0 Å². The first-order valence-corrected chi connectivity index (χ1v) is 14.9. The van der Waals surface area contributed by atoms with Gasteiger partial charge in [-0.05, 0) is 23.7 Å². The Labute approximate surface area is 271 Å². The molecule has 220 valence electrons. The van der Waals surface area contributed by atoms with Crippen molar-refractivity contribution in [1.29, 1.82) is 0 Å². The van der Waals surface area contributed by atoms with E-state index in [1.165, 1.54) is 0 Å². The molecule has 16 nitrogen and oxygen atoms in total. The van der Waals surface area contributed by atoms with E-state index in [-0.39, 0.29) is 21.7 Å². The van der Waals surface area contributed by atoms with Crippen LogP contribution in [0.3, 0.4) is 0 Å². The van der Waals surface area contributed by atoms with Gasteiger partial charge in [-0.25, -0.2) is 19.6 Å². The minimum absolute atomic E-state index is 0. The van der Waals surface area contributed by atoms with E-state index in [1.807, 2.05) is 55.4 Å². The maximum atomic E-state index is 8.50. The predicted molar refractivity (Wildman–Crippen MR) is 96.4 cm³/mol. The Morgan fingerprint density at radius 1 is 0.459 bits per heavy atom. The van der Waals surface area contributed by atoms with Crippen molar-refractivity contribution in [3.8, 4) is 0 Å². The summed E-state index contributed by atoms with van der Waals surface area (Å²) in [6.07, 6.45) is 0. The van der Waals surface area contributed by atoms with Crippen molar-refractivity contribution in [2.45, 2.75) is 55.4 Å². The summed E-state index contributed by atoms with van der Waals surface area (Å²) in [5, 5.41) is 30.9. The molecule has 0 aliphatic carbocycles. The molecule has 4 N–H and O–H groups in total. The molecule has 0 saturated heterocycles. The fourth-order valence-corrected chi connectivity index (χ4v) is 0.596. The molecule has 0 radical (unpaired) electrons. The largest absolute Gasteiger partial charge is 4.00 e. The third kappa shape index (κ3) is 247. The Bertz CT molecular complexity index is 293. The molecule has 0 bridgehead atoms. The van der Waals surface area contributed by atoms with Gasteiger partial charge in [0.2, 0.25) is 0 Å². The van der Waals surface area contributed by atoms with Gasteiger partial charge >= 0.3 is 128 Å². The zero-order valence-corrected chi connectivity index (χ0v) is 30.1. The summed E-state index contributed by atoms with van der Waals surface area (Å²) in [6.45, 7) is 17.5. The van der Waals surface area contributed by atoms with Crippen molar-refractivity contribution >= 4 is 0 Å². The van der Waals surface area contributed by atoms with Crippen LogP contribution in [0.4, 0.5) is 0 Å². The fraction of sp³-hybridized carbons (Fsp3) is 1.00. The van der Waals surface area contributed by atoms with Crippen LogP contribution in [0.25, 0.3) is 0 Å². The zero-order chi connectivity index (χ0) is 30.8. The van der Waals surface area contributed by atoms with Crippen LogP contribution >= 0.6 is 0 Å². The van der Waals surface area contributed by atoms with Gasteiger partial charge in [-0.1, -0.05) is 55.4 Å². The topological polar surface area (TPSA) is 278 Å². The fourth-order valence-electron chi connectivity index (χ4n) is 0.596. The normalized spacial score (nSPS) is 7.46. The summed E-state index contributed by atoms with van der Waals surface area (Å²) in [5.41, 5.74) is 0. The Hall–Kier alpha value is 2.29. The second-order valence-corrected chi connectivity index (χ2v) is 8.13. The molecule has 0 atom stereocenters. The van der Waals surface area contributed by atoms with Crippen LogP contribution in [0.1, 0.15) is 55.4 Å². The quantitative estimate of drug-likeness (QED) is 0.136. The summed E-state index contributed by atoms with van der Waals surface area (Å²) < 4.78 is 68.0. The van der Waals surface area contributed by atoms with Crippen LogP contribution in [-0.2, 0) is 133 Å². The van der Waals surface area contributed by atoms with E-state index >= 15 is 0 Å². The summed E-state index contributed by atoms with van der Waals surface area (Å²) >= 11 is -8.00. The summed E-state index contributed by atoms with van der Waals surface area (Å²) in [4.78, 5) is 15.2. The molecule has 0 spiro atoms. The molecule has 0 aromatic heterocycles. The van der Waals surface area contributed by atoms with E-state index in [1.54, 1.807) is 0 Å². The second-order valence-electron chi connectivity index (χ2n) is 7.09. The Morgan fingerprint density at radius 2 is 0.541 bits per heavy atom. The van der Waals surface area contributed by atoms with Gasteiger partial charge in [-0.3, -0.25) is 21.0 Å². The smallest absolute Gasteiger partial charge is 4.00 e. The van der Waals surface area contributed by atoms with Crippen LogP contribution in [-0.4, -0.2) is 47.5 Å². The van der Waals surface area contributed by atoms with Gasteiger partial charge < -0.3 is 0 Å². The Balaban J connectivity index is -0.0000000352. The summed E-state index contributed by atoms with van der Waals surface area (Å²) in [7, 11) is 0. The van der Waals surface area contributed by atoms with Crippen molar-refractivity contribution < 1.29 is 168 Å². The third-order valence-corrected chi connectivity index (χ3v) is 1.63. The number of rotatable bonds is 8. The average molecular weight is 728 g/mol. The Morgan fingerprint density at radius 3 is 0.541 bits per heavy atom. The molecule has 0 aromatic rings. The zero-order valence-electron chi connectivity index (χ0n) is 22.3. The van der Waals surface area contributed by atoms with Crippen LogP contribution in [0.15, 0.2) is 0 Å². The molecule has 0 aromatic carbocycles. The van der Waals surface area contributed by atoms with E-state index in [4.69, 9.17) is 49.1 Å². The molecule has 0 aliphatic rings. The molecule has 0 unspecified atom stereocenters. The van der Waals surface area contributed by atoms with Gasteiger partial charge in [0.1, 0.15) is 0 Å². The van der Waals surface area contributed by atoms with Crippen molar-refractivity contribution in [3.05, 3.63) is 0 Å². The van der Waals surface area contributed by atoms with Crippen LogP contribution in [0, 0.1) is 23.7 Å². The number of hydrogen-bond acceptors (Lipinski definition) is 16. The minimum atomic E-state index is -2.00. The van der Waals surface area contributed by atoms with Crippen molar-refractivity contribution in [2.75, 3.05) is 26.4 Å². The van der Waals surface area contributed by atoms with Crippen LogP contribution < -0.4 is 14.8 Å². The number of hydrogen-bond donors (Lipinski definition) is 4. The molecule has 0 heterocycles. The third-order valence-electron chi connectivity index (χ3n) is 1.63. The molecule has 21 heteroatoms. The monoisotopic (exact) mass is 728 g/mol. The predicted octanol–water partition coefficient (Wildman–Crippen LogP) is -0.716. The van der Waals surface area contributed by atoms with E-state index in [2.05, 4.69) is 19.6 Å². The molecule has 0 rings (SSSR count). The van der Waals surface area contributed by atoms with Gasteiger partial charge in [0.05, 0.1) is 26.4 Å². The van der Waals surface area contributed by atoms with Gasteiger partial charge in [0, 0.05) is 0 Å². The second kappa shape index (κ2) is 77.0. The average Bonchev–Trinajstić information content (AvgIpc) is 2.71. The molecule has 37 heavy (non-hydrogen) atoms. The molecule has 0 amide bonds. The van der Waals surface area contributed by atoms with E-state index < -0.39 is 78.0 Å². The van der Waals surface area contributed by atoms with Gasteiger partial charge in [-0.15, -0.1) is 0 Å². The summed E-state index contributed by atoms with van der Waals surface area (Å²) in [6, 6.07) is 0. The molecular weight excluding hydrogens is 687 g/mol. The Kier molecular flexibility index (Phi) is 131. The first-order valence-electron chi connectivity index (χ1n) is 9.77.